The smallest absolute Gasteiger partial charge is 0.116 e. The maximum Gasteiger partial charge on any atom is 0.116 e. The van der Waals surface area contributed by atoms with Gasteiger partial charge in [-0.3, -0.25) is 25.0 Å². The summed E-state index contributed by atoms with van der Waals surface area (Å²) >= 11 is 0. The molecule has 8 heteroatoms. The lowest BCUT2D eigenvalue weighted by Crippen LogP contribution is -2.02. The average molecular weight is 521 g/mol. The third-order valence-electron chi connectivity index (χ3n) is 6.77. The van der Waals surface area contributed by atoms with Crippen molar-refractivity contribution in [3.05, 3.63) is 122 Å². The molecule has 6 heterocycles. The second-order valence-electron chi connectivity index (χ2n) is 9.56. The molecule has 6 aromatic heterocycles. The average Bonchev–Trinajstić information content (AvgIpc) is 3.62. The van der Waals surface area contributed by atoms with Crippen molar-refractivity contribution in [2.75, 3.05) is 5.32 Å². The fourth-order valence-electron chi connectivity index (χ4n) is 4.91. The zero-order valence-electron chi connectivity index (χ0n) is 21.5. The van der Waals surface area contributed by atoms with Gasteiger partial charge in [-0.2, -0.15) is 5.10 Å². The van der Waals surface area contributed by atoms with E-state index >= 15 is 0 Å². The number of nitrogens with one attached hydrogen (secondary N) is 3. The summed E-state index contributed by atoms with van der Waals surface area (Å²) in [6.07, 6.45) is 9.71. The Labute approximate surface area is 229 Å². The quantitative estimate of drug-likeness (QED) is 0.213. The maximum absolute atomic E-state index is 4.68. The first-order valence-electron chi connectivity index (χ1n) is 12.9. The van der Waals surface area contributed by atoms with E-state index in [4.69, 9.17) is 0 Å². The van der Waals surface area contributed by atoms with Gasteiger partial charge in [0.25, 0.3) is 0 Å². The molecule has 40 heavy (non-hydrogen) atoms. The number of rotatable bonds is 7. The number of hydrogen-bond acceptors (Lipinski definition) is 6. The van der Waals surface area contributed by atoms with E-state index in [0.29, 0.717) is 0 Å². The molecule has 0 fully saturated rings. The van der Waals surface area contributed by atoms with Crippen LogP contribution in [0, 0.1) is 0 Å². The fourth-order valence-corrected chi connectivity index (χ4v) is 4.91. The van der Waals surface area contributed by atoms with Crippen LogP contribution >= 0.6 is 0 Å². The molecule has 192 valence electrons. The van der Waals surface area contributed by atoms with Crippen molar-refractivity contribution in [3.8, 4) is 34.0 Å². The van der Waals surface area contributed by atoms with Gasteiger partial charge in [0.2, 0.25) is 0 Å². The van der Waals surface area contributed by atoms with Gasteiger partial charge in [-0.05, 0) is 42.0 Å². The van der Waals surface area contributed by atoms with Gasteiger partial charge in [0.05, 0.1) is 46.4 Å². The zero-order valence-corrected chi connectivity index (χ0v) is 21.5. The number of anilines is 1. The van der Waals surface area contributed by atoms with Crippen LogP contribution in [0.3, 0.4) is 0 Å². The maximum atomic E-state index is 4.68. The minimum atomic E-state index is 0.732. The summed E-state index contributed by atoms with van der Waals surface area (Å²) in [5, 5.41) is 13.1. The molecule has 7 aromatic rings. The number of aromatic nitrogens is 7. The van der Waals surface area contributed by atoms with Crippen molar-refractivity contribution in [2.45, 2.75) is 6.42 Å². The highest BCUT2D eigenvalue weighted by Crippen LogP contribution is 2.33. The largest absolute Gasteiger partial charge is 0.358 e. The summed E-state index contributed by atoms with van der Waals surface area (Å²) in [7, 11) is 0. The molecule has 0 aliphatic carbocycles. The van der Waals surface area contributed by atoms with E-state index in [0.717, 1.165) is 73.6 Å². The van der Waals surface area contributed by atoms with Gasteiger partial charge in [0.1, 0.15) is 5.69 Å². The van der Waals surface area contributed by atoms with Crippen LogP contribution in [0.5, 0.6) is 0 Å². The minimum Gasteiger partial charge on any atom is -0.358 e. The Morgan fingerprint density at radius 2 is 1.62 bits per heavy atom. The zero-order chi connectivity index (χ0) is 26.9. The van der Waals surface area contributed by atoms with Crippen molar-refractivity contribution in [2.24, 2.45) is 0 Å². The van der Waals surface area contributed by atoms with Crippen molar-refractivity contribution in [1.82, 2.24) is 35.1 Å². The predicted molar refractivity (Wildman–Crippen MR) is 158 cm³/mol. The van der Waals surface area contributed by atoms with Crippen molar-refractivity contribution < 1.29 is 0 Å². The van der Waals surface area contributed by atoms with Crippen molar-refractivity contribution in [1.29, 1.82) is 0 Å². The third kappa shape index (κ3) is 4.48. The number of benzene rings is 1. The van der Waals surface area contributed by atoms with Crippen LogP contribution in [0.2, 0.25) is 0 Å². The highest BCUT2D eigenvalue weighted by molar-refractivity contribution is 6.00. The molecule has 8 nitrogen and oxygen atoms in total. The molecule has 0 saturated carbocycles. The van der Waals surface area contributed by atoms with Crippen LogP contribution in [-0.2, 0) is 6.42 Å². The monoisotopic (exact) mass is 520 g/mol. The van der Waals surface area contributed by atoms with Gasteiger partial charge < -0.3 is 10.3 Å². The lowest BCUT2D eigenvalue weighted by Gasteiger charge is -2.11. The first-order chi connectivity index (χ1) is 19.7. The minimum absolute atomic E-state index is 0.732. The molecular weight excluding hydrogens is 496 g/mol. The molecule has 3 N–H and O–H groups in total. The summed E-state index contributed by atoms with van der Waals surface area (Å²) in [6, 6.07) is 24.2. The SMILES string of the molecule is C=C(Cc1ccccc1)Nc1cncc(-c2cc3c(-c4cc5c(-c6ccccn6)nccc5[nH]4)n[nH]c3cn2)c1. The molecule has 0 bridgehead atoms. The highest BCUT2D eigenvalue weighted by atomic mass is 15.1. The number of pyridine rings is 4. The molecule has 7 rings (SSSR count). The lowest BCUT2D eigenvalue weighted by atomic mass is 10.1. The number of allylic oxidation sites excluding steroid dienone is 1. The Morgan fingerprint density at radius 1 is 0.750 bits per heavy atom. The summed E-state index contributed by atoms with van der Waals surface area (Å²) in [6.45, 7) is 4.19. The second-order valence-corrected chi connectivity index (χ2v) is 9.56. The number of fused-ring (bicyclic) bond motifs is 2. The molecule has 0 unspecified atom stereocenters. The van der Waals surface area contributed by atoms with E-state index in [9.17, 15) is 0 Å². The fraction of sp³-hybridized carbons (Fsp3) is 0.0312. The van der Waals surface area contributed by atoms with E-state index < -0.39 is 0 Å². The molecular formula is C32H24N8. The second kappa shape index (κ2) is 9.92. The Balaban J connectivity index is 1.21. The third-order valence-corrected chi connectivity index (χ3v) is 6.77. The molecule has 0 spiro atoms. The van der Waals surface area contributed by atoms with Gasteiger partial charge in [0.15, 0.2) is 0 Å². The van der Waals surface area contributed by atoms with Gasteiger partial charge in [-0.25, -0.2) is 0 Å². The van der Waals surface area contributed by atoms with Crippen LogP contribution in [0.1, 0.15) is 5.56 Å². The Bertz CT molecular complexity index is 1970. The van der Waals surface area contributed by atoms with E-state index in [1.54, 1.807) is 24.8 Å². The van der Waals surface area contributed by atoms with Crippen molar-refractivity contribution >= 4 is 27.5 Å². The number of hydrogen-bond donors (Lipinski definition) is 3. The predicted octanol–water partition coefficient (Wildman–Crippen LogP) is 6.79. The molecule has 0 radical (unpaired) electrons. The number of H-pyrrole nitrogens is 2. The lowest BCUT2D eigenvalue weighted by molar-refractivity contribution is 1.11. The Hall–Kier alpha value is -5.63. The van der Waals surface area contributed by atoms with Gasteiger partial charge >= 0.3 is 0 Å². The summed E-state index contributed by atoms with van der Waals surface area (Å²) < 4.78 is 0. The topological polar surface area (TPSA) is 108 Å². The molecule has 0 aliphatic heterocycles. The summed E-state index contributed by atoms with van der Waals surface area (Å²) in [5.74, 6) is 0. The normalized spacial score (nSPS) is 11.2. The molecule has 0 saturated heterocycles. The summed E-state index contributed by atoms with van der Waals surface area (Å²) in [4.78, 5) is 21.7. The Kier molecular flexibility index (Phi) is 5.82. The van der Waals surface area contributed by atoms with Gasteiger partial charge in [-0.15, -0.1) is 0 Å². The molecule has 0 atom stereocenters. The standard InChI is InChI=1S/C32H24N8/c1-20(13-21-7-3-2-4-8-21)37-23-14-22(17-33-18-23)28-15-25-30(19-36-28)39-40-32(25)29-16-24-26(38-29)10-12-35-31(24)27-9-5-6-11-34-27/h2-12,14-19,37-38H,1,13H2,(H,39,40). The number of nitrogens with zero attached hydrogens (tertiary/aromatic N) is 5. The van der Waals surface area contributed by atoms with Crippen molar-refractivity contribution in [3.63, 3.8) is 0 Å². The Morgan fingerprint density at radius 3 is 2.50 bits per heavy atom. The molecule has 0 amide bonds. The van der Waals surface area contributed by atoms with Crippen LogP contribution in [0.25, 0.3) is 55.8 Å². The van der Waals surface area contributed by atoms with Crippen LogP contribution in [0.15, 0.2) is 116 Å². The number of aromatic amines is 2. The van der Waals surface area contributed by atoms with E-state index in [1.807, 2.05) is 60.8 Å². The van der Waals surface area contributed by atoms with Crippen LogP contribution in [-0.4, -0.2) is 35.1 Å². The van der Waals surface area contributed by atoms with E-state index in [1.165, 1.54) is 5.56 Å². The van der Waals surface area contributed by atoms with Crippen LogP contribution < -0.4 is 5.32 Å². The summed E-state index contributed by atoms with van der Waals surface area (Å²) in [5.41, 5.74) is 9.79. The molecule has 1 aromatic carbocycles. The van der Waals surface area contributed by atoms with Gasteiger partial charge in [-0.1, -0.05) is 43.0 Å². The van der Waals surface area contributed by atoms with Crippen LogP contribution in [0.4, 0.5) is 5.69 Å². The van der Waals surface area contributed by atoms with E-state index in [2.05, 4.69) is 65.2 Å². The van der Waals surface area contributed by atoms with E-state index in [-0.39, 0.29) is 0 Å². The highest BCUT2D eigenvalue weighted by Gasteiger charge is 2.16. The molecule has 0 aliphatic rings. The first kappa shape index (κ1) is 23.5. The first-order valence-corrected chi connectivity index (χ1v) is 12.9. The van der Waals surface area contributed by atoms with Gasteiger partial charge in [0, 0.05) is 52.6 Å².